The SMILES string of the molecule is COc1ccccc1OCCNC1CCOC1C. The molecule has 18 heavy (non-hydrogen) atoms. The van der Waals surface area contributed by atoms with Crippen LogP contribution in [-0.4, -0.2) is 39.0 Å². The zero-order valence-corrected chi connectivity index (χ0v) is 11.0. The molecule has 1 heterocycles. The summed E-state index contributed by atoms with van der Waals surface area (Å²) >= 11 is 0. The molecule has 1 aliphatic heterocycles. The zero-order chi connectivity index (χ0) is 12.8. The van der Waals surface area contributed by atoms with Crippen LogP contribution >= 0.6 is 0 Å². The van der Waals surface area contributed by atoms with Gasteiger partial charge in [0.1, 0.15) is 6.61 Å². The Morgan fingerprint density at radius 1 is 1.33 bits per heavy atom. The minimum absolute atomic E-state index is 0.302. The molecule has 0 radical (unpaired) electrons. The average molecular weight is 251 g/mol. The third-order valence-electron chi connectivity index (χ3n) is 3.21. The largest absolute Gasteiger partial charge is 0.493 e. The first kappa shape index (κ1) is 13.2. The first-order valence-electron chi connectivity index (χ1n) is 6.42. The molecule has 1 aromatic rings. The maximum atomic E-state index is 5.69. The molecule has 0 aliphatic carbocycles. The minimum Gasteiger partial charge on any atom is -0.493 e. The van der Waals surface area contributed by atoms with Crippen molar-refractivity contribution in [3.63, 3.8) is 0 Å². The van der Waals surface area contributed by atoms with E-state index in [0.29, 0.717) is 18.8 Å². The highest BCUT2D eigenvalue weighted by Gasteiger charge is 2.22. The van der Waals surface area contributed by atoms with Crippen LogP contribution in [0, 0.1) is 0 Å². The monoisotopic (exact) mass is 251 g/mol. The molecule has 0 bridgehead atoms. The molecule has 1 aromatic carbocycles. The van der Waals surface area contributed by atoms with E-state index >= 15 is 0 Å². The maximum Gasteiger partial charge on any atom is 0.161 e. The van der Waals surface area contributed by atoms with Crippen molar-refractivity contribution in [3.05, 3.63) is 24.3 Å². The van der Waals surface area contributed by atoms with Crippen molar-refractivity contribution in [1.82, 2.24) is 5.32 Å². The first-order valence-corrected chi connectivity index (χ1v) is 6.42. The highest BCUT2D eigenvalue weighted by Crippen LogP contribution is 2.25. The topological polar surface area (TPSA) is 39.7 Å². The number of nitrogens with one attached hydrogen (secondary N) is 1. The average Bonchev–Trinajstić information content (AvgIpc) is 2.81. The van der Waals surface area contributed by atoms with E-state index in [1.165, 1.54) is 0 Å². The number of benzene rings is 1. The van der Waals surface area contributed by atoms with Gasteiger partial charge in [-0.3, -0.25) is 0 Å². The molecule has 1 saturated heterocycles. The number of methoxy groups -OCH3 is 1. The van der Waals surface area contributed by atoms with E-state index < -0.39 is 0 Å². The summed E-state index contributed by atoms with van der Waals surface area (Å²) in [6.07, 6.45) is 1.38. The van der Waals surface area contributed by atoms with Crippen LogP contribution in [0.15, 0.2) is 24.3 Å². The Kier molecular flexibility index (Phi) is 4.84. The van der Waals surface area contributed by atoms with Crippen molar-refractivity contribution in [3.8, 4) is 11.5 Å². The van der Waals surface area contributed by atoms with Crippen LogP contribution in [0.3, 0.4) is 0 Å². The second-order valence-corrected chi connectivity index (χ2v) is 4.42. The molecule has 0 saturated carbocycles. The summed E-state index contributed by atoms with van der Waals surface area (Å²) in [5.41, 5.74) is 0. The fourth-order valence-corrected chi connectivity index (χ4v) is 2.14. The van der Waals surface area contributed by atoms with Gasteiger partial charge in [0.25, 0.3) is 0 Å². The quantitative estimate of drug-likeness (QED) is 0.783. The van der Waals surface area contributed by atoms with Crippen molar-refractivity contribution < 1.29 is 14.2 Å². The van der Waals surface area contributed by atoms with Crippen LogP contribution in [0.5, 0.6) is 11.5 Å². The van der Waals surface area contributed by atoms with Gasteiger partial charge in [-0.25, -0.2) is 0 Å². The molecular weight excluding hydrogens is 230 g/mol. The Labute approximate surface area is 108 Å². The van der Waals surface area contributed by atoms with Crippen molar-refractivity contribution >= 4 is 0 Å². The fourth-order valence-electron chi connectivity index (χ4n) is 2.14. The molecule has 2 atom stereocenters. The van der Waals surface area contributed by atoms with E-state index in [1.54, 1.807) is 7.11 Å². The summed E-state index contributed by atoms with van der Waals surface area (Å²) in [7, 11) is 1.65. The van der Waals surface area contributed by atoms with E-state index in [9.17, 15) is 0 Å². The van der Waals surface area contributed by atoms with Crippen LogP contribution in [0.2, 0.25) is 0 Å². The highest BCUT2D eigenvalue weighted by atomic mass is 16.5. The van der Waals surface area contributed by atoms with Gasteiger partial charge in [-0.05, 0) is 25.5 Å². The fraction of sp³-hybridized carbons (Fsp3) is 0.571. The molecule has 2 unspecified atom stereocenters. The van der Waals surface area contributed by atoms with E-state index in [0.717, 1.165) is 31.1 Å². The predicted molar refractivity (Wildman–Crippen MR) is 70.3 cm³/mol. The third-order valence-corrected chi connectivity index (χ3v) is 3.21. The molecule has 2 rings (SSSR count). The highest BCUT2D eigenvalue weighted by molar-refractivity contribution is 5.39. The van der Waals surface area contributed by atoms with Crippen molar-refractivity contribution in [1.29, 1.82) is 0 Å². The lowest BCUT2D eigenvalue weighted by Gasteiger charge is -2.16. The summed E-state index contributed by atoms with van der Waals surface area (Å²) in [6, 6.07) is 8.14. The van der Waals surface area contributed by atoms with Gasteiger partial charge >= 0.3 is 0 Å². The lowest BCUT2D eigenvalue weighted by molar-refractivity contribution is 0.112. The number of para-hydroxylation sites is 2. The second kappa shape index (κ2) is 6.61. The predicted octanol–water partition coefficient (Wildman–Crippen LogP) is 1.84. The Hall–Kier alpha value is -1.26. The summed E-state index contributed by atoms with van der Waals surface area (Å²) in [5, 5.41) is 3.45. The Morgan fingerprint density at radius 3 is 2.78 bits per heavy atom. The van der Waals surface area contributed by atoms with Crippen LogP contribution in [0.4, 0.5) is 0 Å². The van der Waals surface area contributed by atoms with Crippen molar-refractivity contribution in [2.45, 2.75) is 25.5 Å². The van der Waals surface area contributed by atoms with Crippen molar-refractivity contribution in [2.75, 3.05) is 26.9 Å². The Balaban J connectivity index is 1.71. The number of rotatable bonds is 6. The van der Waals surface area contributed by atoms with Crippen LogP contribution in [0.25, 0.3) is 0 Å². The molecule has 100 valence electrons. The van der Waals surface area contributed by atoms with Gasteiger partial charge in [0.2, 0.25) is 0 Å². The summed E-state index contributed by atoms with van der Waals surface area (Å²) < 4.78 is 16.4. The van der Waals surface area contributed by atoms with E-state index in [1.807, 2.05) is 24.3 Å². The van der Waals surface area contributed by atoms with Gasteiger partial charge in [0, 0.05) is 19.2 Å². The zero-order valence-electron chi connectivity index (χ0n) is 11.0. The molecule has 4 nitrogen and oxygen atoms in total. The first-order chi connectivity index (χ1) is 8.81. The molecule has 1 aliphatic rings. The van der Waals surface area contributed by atoms with Gasteiger partial charge in [-0.1, -0.05) is 12.1 Å². The number of hydrogen-bond donors (Lipinski definition) is 1. The molecule has 0 aromatic heterocycles. The third kappa shape index (κ3) is 3.37. The molecule has 1 N–H and O–H groups in total. The normalized spacial score (nSPS) is 23.0. The number of ether oxygens (including phenoxy) is 3. The molecule has 4 heteroatoms. The Morgan fingerprint density at radius 2 is 2.11 bits per heavy atom. The smallest absolute Gasteiger partial charge is 0.161 e. The molecular formula is C14H21NO3. The molecule has 0 amide bonds. The molecule has 1 fully saturated rings. The summed E-state index contributed by atoms with van der Waals surface area (Å²) in [6.45, 7) is 4.40. The standard InChI is InChI=1S/C14H21NO3/c1-11-12(7-9-17-11)15-8-10-18-14-6-4-3-5-13(14)16-2/h3-6,11-12,15H,7-10H2,1-2H3. The van der Waals surface area contributed by atoms with E-state index in [4.69, 9.17) is 14.2 Å². The Bertz CT molecular complexity index is 370. The van der Waals surface area contributed by atoms with Crippen molar-refractivity contribution in [2.24, 2.45) is 0 Å². The van der Waals surface area contributed by atoms with Gasteiger partial charge in [-0.2, -0.15) is 0 Å². The van der Waals surface area contributed by atoms with Crippen LogP contribution in [-0.2, 0) is 4.74 Å². The van der Waals surface area contributed by atoms with Gasteiger partial charge in [0.05, 0.1) is 13.2 Å². The van der Waals surface area contributed by atoms with Gasteiger partial charge in [0.15, 0.2) is 11.5 Å². The lowest BCUT2D eigenvalue weighted by Crippen LogP contribution is -2.37. The summed E-state index contributed by atoms with van der Waals surface area (Å²) in [5.74, 6) is 1.56. The van der Waals surface area contributed by atoms with E-state index in [2.05, 4.69) is 12.2 Å². The van der Waals surface area contributed by atoms with Gasteiger partial charge < -0.3 is 19.5 Å². The summed E-state index contributed by atoms with van der Waals surface area (Å²) in [4.78, 5) is 0. The maximum absolute atomic E-state index is 5.69. The lowest BCUT2D eigenvalue weighted by atomic mass is 10.1. The molecule has 0 spiro atoms. The van der Waals surface area contributed by atoms with Gasteiger partial charge in [-0.15, -0.1) is 0 Å². The minimum atomic E-state index is 0.302. The van der Waals surface area contributed by atoms with Crippen LogP contribution in [0.1, 0.15) is 13.3 Å². The van der Waals surface area contributed by atoms with Crippen LogP contribution < -0.4 is 14.8 Å². The second-order valence-electron chi connectivity index (χ2n) is 4.42. The van der Waals surface area contributed by atoms with E-state index in [-0.39, 0.29) is 0 Å². The number of hydrogen-bond acceptors (Lipinski definition) is 4.